The molecule has 1 aliphatic carbocycles. The van der Waals surface area contributed by atoms with Crippen LogP contribution < -0.4 is 10.6 Å². The summed E-state index contributed by atoms with van der Waals surface area (Å²) < 4.78 is 34.7. The van der Waals surface area contributed by atoms with E-state index >= 15 is 0 Å². The molecule has 9 nitrogen and oxygen atoms in total. The molecule has 2 atom stereocenters. The molecule has 0 saturated heterocycles. The summed E-state index contributed by atoms with van der Waals surface area (Å²) in [5, 5.41) is 5.98. The number of carbonyl (C=O) groups excluding carboxylic acids is 2. The molecule has 0 radical (unpaired) electrons. The van der Waals surface area contributed by atoms with Gasteiger partial charge >= 0.3 is 0 Å². The molecular weight excluding hydrogens is 492 g/mol. The van der Waals surface area contributed by atoms with Crippen LogP contribution in [0.25, 0.3) is 11.1 Å². The summed E-state index contributed by atoms with van der Waals surface area (Å²) in [6, 6.07) is 12.1. The highest BCUT2D eigenvalue weighted by Crippen LogP contribution is 2.29. The molecule has 1 unspecified atom stereocenters. The standard InChI is InChI=1S/C27H30N4O5S/c1-2-19(24(32)27-30-20-13-7-8-14-22(20)36-27)29-26(33)21(16-17-10-4-3-5-11-17)28-25-18-12-6-9-15-23(18)37(34,35)31-25/h6-9,12-15,17,19,21H,2-5,10-11,16H2,1H3,(H,28,31)(H,29,33)/t19-,21?/m0/s1. The molecule has 0 bridgehead atoms. The monoisotopic (exact) mass is 522 g/mol. The molecule has 5 rings (SSSR count). The molecule has 0 spiro atoms. The van der Waals surface area contributed by atoms with Gasteiger partial charge in [-0.15, -0.1) is 4.40 Å². The van der Waals surface area contributed by atoms with E-state index < -0.39 is 27.9 Å². The second-order valence-corrected chi connectivity index (χ2v) is 11.2. The quantitative estimate of drug-likeness (QED) is 0.428. The lowest BCUT2D eigenvalue weighted by Crippen LogP contribution is -2.52. The molecule has 1 aromatic heterocycles. The van der Waals surface area contributed by atoms with E-state index in [1.165, 1.54) is 12.5 Å². The van der Waals surface area contributed by atoms with Gasteiger partial charge in [0.25, 0.3) is 15.9 Å². The van der Waals surface area contributed by atoms with Crippen molar-refractivity contribution in [2.24, 2.45) is 10.3 Å². The van der Waals surface area contributed by atoms with Crippen LogP contribution in [0.2, 0.25) is 0 Å². The van der Waals surface area contributed by atoms with Gasteiger partial charge in [-0.1, -0.05) is 63.3 Å². The Morgan fingerprint density at radius 1 is 1.03 bits per heavy atom. The number of aromatic nitrogens is 1. The van der Waals surface area contributed by atoms with Gasteiger partial charge in [-0.2, -0.15) is 8.42 Å². The van der Waals surface area contributed by atoms with Crippen LogP contribution in [0, 0.1) is 5.92 Å². The lowest BCUT2D eigenvalue weighted by molar-refractivity contribution is -0.123. The van der Waals surface area contributed by atoms with E-state index in [0.29, 0.717) is 35.4 Å². The van der Waals surface area contributed by atoms with E-state index in [0.717, 1.165) is 25.7 Å². The van der Waals surface area contributed by atoms with Crippen molar-refractivity contribution in [1.82, 2.24) is 15.6 Å². The summed E-state index contributed by atoms with van der Waals surface area (Å²) in [5.74, 6) is -0.366. The Bertz CT molecular complexity index is 1420. The SMILES string of the molecule is CC[C@H](NC(=O)C(CC1CCCCC1)NC1=NS(=O)(=O)c2ccccc21)C(=O)c1nc2ccccc2o1. The van der Waals surface area contributed by atoms with E-state index in [4.69, 9.17) is 4.42 Å². The average molecular weight is 523 g/mol. The Morgan fingerprint density at radius 3 is 2.51 bits per heavy atom. The average Bonchev–Trinajstić information content (AvgIpc) is 3.45. The lowest BCUT2D eigenvalue weighted by atomic mass is 9.84. The van der Waals surface area contributed by atoms with Gasteiger partial charge < -0.3 is 15.1 Å². The number of nitrogens with zero attached hydrogens (tertiary/aromatic N) is 2. The van der Waals surface area contributed by atoms with Gasteiger partial charge in [-0.3, -0.25) is 9.59 Å². The molecular formula is C27H30N4O5S. The van der Waals surface area contributed by atoms with E-state index in [1.807, 2.05) is 6.07 Å². The summed E-state index contributed by atoms with van der Waals surface area (Å²) in [7, 11) is -3.83. The summed E-state index contributed by atoms with van der Waals surface area (Å²) >= 11 is 0. The van der Waals surface area contributed by atoms with Gasteiger partial charge in [-0.25, -0.2) is 4.98 Å². The number of amidine groups is 1. The number of fused-ring (bicyclic) bond motifs is 2. The Hall–Kier alpha value is -3.53. The number of Topliss-reactive ketones (excluding diaryl/α,β-unsaturated/α-hetero) is 1. The van der Waals surface area contributed by atoms with Crippen molar-refractivity contribution >= 4 is 38.6 Å². The molecule has 10 heteroatoms. The highest BCUT2D eigenvalue weighted by atomic mass is 32.2. The number of rotatable bonds is 8. The van der Waals surface area contributed by atoms with Crippen molar-refractivity contribution in [3.05, 3.63) is 60.0 Å². The molecule has 1 fully saturated rings. The third kappa shape index (κ3) is 5.29. The number of carbonyl (C=O) groups is 2. The summed E-state index contributed by atoms with van der Waals surface area (Å²) in [6.45, 7) is 1.80. The van der Waals surface area contributed by atoms with Crippen LogP contribution in [-0.2, 0) is 14.8 Å². The maximum Gasteiger partial charge on any atom is 0.285 e. The largest absolute Gasteiger partial charge is 0.434 e. The van der Waals surface area contributed by atoms with Crippen molar-refractivity contribution in [3.8, 4) is 0 Å². The maximum absolute atomic E-state index is 13.6. The molecule has 2 aromatic carbocycles. The fourth-order valence-electron chi connectivity index (χ4n) is 5.11. The highest BCUT2D eigenvalue weighted by molar-refractivity contribution is 7.90. The molecule has 2 aliphatic rings. The molecule has 1 saturated carbocycles. The fourth-order valence-corrected chi connectivity index (χ4v) is 6.30. The molecule has 2 heterocycles. The first-order valence-electron chi connectivity index (χ1n) is 12.8. The number of amides is 1. The number of sulfonamides is 1. The minimum absolute atomic E-state index is 0.0506. The van der Waals surface area contributed by atoms with Gasteiger partial charge in [0.15, 0.2) is 5.58 Å². The smallest absolute Gasteiger partial charge is 0.285 e. The molecule has 37 heavy (non-hydrogen) atoms. The third-order valence-corrected chi connectivity index (χ3v) is 8.43. The first-order chi connectivity index (χ1) is 17.9. The van der Waals surface area contributed by atoms with Crippen LogP contribution in [0.15, 0.2) is 62.2 Å². The van der Waals surface area contributed by atoms with Crippen LogP contribution in [0.3, 0.4) is 0 Å². The van der Waals surface area contributed by atoms with Gasteiger partial charge in [0.05, 0.1) is 6.04 Å². The summed E-state index contributed by atoms with van der Waals surface area (Å²) in [5.41, 5.74) is 1.52. The van der Waals surface area contributed by atoms with Crippen LogP contribution in [0.4, 0.5) is 0 Å². The van der Waals surface area contributed by atoms with Crippen LogP contribution in [0.1, 0.15) is 68.1 Å². The number of nitrogens with one attached hydrogen (secondary N) is 2. The van der Waals surface area contributed by atoms with Crippen molar-refractivity contribution in [2.45, 2.75) is 68.8 Å². The predicted octanol–water partition coefficient (Wildman–Crippen LogP) is 3.98. The van der Waals surface area contributed by atoms with Crippen molar-refractivity contribution < 1.29 is 22.4 Å². The number of oxazole rings is 1. The Labute approximate surface area is 215 Å². The van der Waals surface area contributed by atoms with Crippen LogP contribution >= 0.6 is 0 Å². The van der Waals surface area contributed by atoms with E-state index in [1.54, 1.807) is 43.3 Å². The summed E-state index contributed by atoms with van der Waals surface area (Å²) in [4.78, 5) is 31.2. The van der Waals surface area contributed by atoms with E-state index in [9.17, 15) is 18.0 Å². The van der Waals surface area contributed by atoms with E-state index in [-0.39, 0.29) is 22.5 Å². The fraction of sp³-hybridized carbons (Fsp3) is 0.407. The van der Waals surface area contributed by atoms with Crippen molar-refractivity contribution in [1.29, 1.82) is 0 Å². The van der Waals surface area contributed by atoms with Crippen molar-refractivity contribution in [3.63, 3.8) is 0 Å². The highest BCUT2D eigenvalue weighted by Gasteiger charge is 2.34. The second kappa shape index (κ2) is 10.5. The minimum atomic E-state index is -3.83. The van der Waals surface area contributed by atoms with Crippen LogP contribution in [0.5, 0.6) is 0 Å². The lowest BCUT2D eigenvalue weighted by Gasteiger charge is -2.28. The molecule has 3 aromatic rings. The predicted molar refractivity (Wildman–Crippen MR) is 139 cm³/mol. The van der Waals surface area contributed by atoms with Gasteiger partial charge in [0.1, 0.15) is 22.3 Å². The number of ketones is 1. The number of hydrogen-bond donors (Lipinski definition) is 2. The zero-order chi connectivity index (χ0) is 26.0. The molecule has 1 aliphatic heterocycles. The molecule has 1 amide bonds. The zero-order valence-electron chi connectivity index (χ0n) is 20.6. The zero-order valence-corrected chi connectivity index (χ0v) is 21.5. The van der Waals surface area contributed by atoms with Crippen molar-refractivity contribution in [2.75, 3.05) is 0 Å². The number of para-hydroxylation sites is 2. The topological polar surface area (TPSA) is 131 Å². The molecule has 2 N–H and O–H groups in total. The maximum atomic E-state index is 13.6. The first-order valence-corrected chi connectivity index (χ1v) is 14.2. The minimum Gasteiger partial charge on any atom is -0.434 e. The Kier molecular flexibility index (Phi) is 7.10. The second-order valence-electron chi connectivity index (χ2n) is 9.67. The molecule has 194 valence electrons. The Morgan fingerprint density at radius 2 is 1.76 bits per heavy atom. The van der Waals surface area contributed by atoms with Gasteiger partial charge in [0.2, 0.25) is 11.7 Å². The first kappa shape index (κ1) is 25.1. The van der Waals surface area contributed by atoms with E-state index in [2.05, 4.69) is 20.0 Å². The summed E-state index contributed by atoms with van der Waals surface area (Å²) in [6.07, 6.45) is 6.25. The third-order valence-electron chi connectivity index (χ3n) is 7.10. The number of hydrogen-bond acceptors (Lipinski definition) is 7. The normalized spacial score (nSPS) is 18.6. The number of benzene rings is 2. The Balaban J connectivity index is 1.37. The van der Waals surface area contributed by atoms with Gasteiger partial charge in [-0.05, 0) is 43.0 Å². The van der Waals surface area contributed by atoms with Crippen LogP contribution in [-0.4, -0.2) is 43.0 Å². The van der Waals surface area contributed by atoms with Gasteiger partial charge in [0, 0.05) is 5.56 Å².